The number of hydrogen-bond acceptors (Lipinski definition) is 5. The second-order valence-corrected chi connectivity index (χ2v) is 6.92. The Morgan fingerprint density at radius 2 is 1.81 bits per heavy atom. The van der Waals surface area contributed by atoms with Crippen LogP contribution in [0.1, 0.15) is 19.8 Å². The maximum Gasteiger partial charge on any atom is 0.256 e. The van der Waals surface area contributed by atoms with Gasteiger partial charge in [0.15, 0.2) is 0 Å². The fourth-order valence-corrected chi connectivity index (χ4v) is 3.22. The summed E-state index contributed by atoms with van der Waals surface area (Å²) in [5, 5.41) is 3.17. The first-order valence-corrected chi connectivity index (χ1v) is 9.85. The zero-order valence-corrected chi connectivity index (χ0v) is 15.7. The van der Waals surface area contributed by atoms with Gasteiger partial charge in [-0.05, 0) is 61.2 Å². The number of imide groups is 1. The van der Waals surface area contributed by atoms with Crippen molar-refractivity contribution in [1.82, 2.24) is 0 Å². The average molecular weight is 370 g/mol. The van der Waals surface area contributed by atoms with Gasteiger partial charge in [0.25, 0.3) is 5.91 Å². The molecule has 2 amide bonds. The third kappa shape index (κ3) is 4.02. The predicted octanol–water partition coefficient (Wildman–Crippen LogP) is 3.94. The van der Waals surface area contributed by atoms with E-state index in [4.69, 9.17) is 4.74 Å². The number of amides is 2. The van der Waals surface area contributed by atoms with E-state index in [0.717, 1.165) is 22.8 Å². The summed E-state index contributed by atoms with van der Waals surface area (Å²) in [7, 11) is 0. The van der Waals surface area contributed by atoms with E-state index < -0.39 is 6.04 Å². The van der Waals surface area contributed by atoms with Crippen molar-refractivity contribution in [1.29, 1.82) is 0 Å². The second-order valence-electron chi connectivity index (χ2n) is 6.04. The Bertz CT molecular complexity index is 775. The van der Waals surface area contributed by atoms with Gasteiger partial charge in [-0.1, -0.05) is 6.92 Å². The molecular weight excluding hydrogens is 348 g/mol. The molecule has 1 aliphatic heterocycles. The minimum absolute atomic E-state index is 0.150. The number of thioether (sulfide) groups is 1. The molecule has 2 aromatic rings. The van der Waals surface area contributed by atoms with Crippen molar-refractivity contribution in [3.05, 3.63) is 48.5 Å². The van der Waals surface area contributed by atoms with Crippen LogP contribution in [0.3, 0.4) is 0 Å². The molecule has 1 atom stereocenters. The van der Waals surface area contributed by atoms with E-state index in [1.807, 2.05) is 37.4 Å². The molecule has 0 unspecified atom stereocenters. The van der Waals surface area contributed by atoms with Crippen LogP contribution in [0.4, 0.5) is 11.4 Å². The number of ether oxygens (including phenoxy) is 1. The van der Waals surface area contributed by atoms with Crippen LogP contribution in [0.15, 0.2) is 53.4 Å². The normalized spacial score (nSPS) is 16.8. The van der Waals surface area contributed by atoms with Crippen molar-refractivity contribution >= 4 is 35.0 Å². The minimum Gasteiger partial charge on any atom is -0.494 e. The molecule has 5 nitrogen and oxygen atoms in total. The lowest BCUT2D eigenvalue weighted by atomic mass is 10.2. The van der Waals surface area contributed by atoms with Gasteiger partial charge < -0.3 is 10.1 Å². The maximum atomic E-state index is 12.7. The van der Waals surface area contributed by atoms with Crippen LogP contribution in [0.25, 0.3) is 0 Å². The summed E-state index contributed by atoms with van der Waals surface area (Å²) < 4.78 is 5.54. The topological polar surface area (TPSA) is 58.6 Å². The standard InChI is InChI=1S/C20H22N2O3S/c1-3-12-25-16-8-6-15(7-9-16)22-19(23)13-18(20(22)24)21-14-4-10-17(26-2)11-5-14/h4-11,18,21H,3,12-13H2,1-2H3/t18-/m1/s1. The summed E-state index contributed by atoms with van der Waals surface area (Å²) in [6, 6.07) is 14.3. The molecule has 0 bridgehead atoms. The highest BCUT2D eigenvalue weighted by Gasteiger charge is 2.39. The van der Waals surface area contributed by atoms with Crippen LogP contribution < -0.4 is 15.0 Å². The van der Waals surface area contributed by atoms with Crippen LogP contribution in [0, 0.1) is 0 Å². The summed E-state index contributed by atoms with van der Waals surface area (Å²) in [4.78, 5) is 27.5. The number of benzene rings is 2. The van der Waals surface area contributed by atoms with Crippen molar-refractivity contribution < 1.29 is 14.3 Å². The number of hydrogen-bond donors (Lipinski definition) is 1. The summed E-state index contributed by atoms with van der Waals surface area (Å²) in [5.74, 6) is 0.305. The van der Waals surface area contributed by atoms with Gasteiger partial charge in [-0.3, -0.25) is 9.59 Å². The average Bonchev–Trinajstić information content (AvgIpc) is 2.94. The summed E-state index contributed by atoms with van der Waals surface area (Å²) in [6.45, 7) is 2.68. The van der Waals surface area contributed by atoms with E-state index >= 15 is 0 Å². The fourth-order valence-electron chi connectivity index (χ4n) is 2.82. The van der Waals surface area contributed by atoms with Crippen LogP contribution >= 0.6 is 11.8 Å². The lowest BCUT2D eigenvalue weighted by Crippen LogP contribution is -2.34. The van der Waals surface area contributed by atoms with Crippen molar-refractivity contribution in [3.63, 3.8) is 0 Å². The second kappa shape index (κ2) is 8.27. The van der Waals surface area contributed by atoms with Gasteiger partial charge in [-0.15, -0.1) is 11.8 Å². The van der Waals surface area contributed by atoms with Crippen molar-refractivity contribution in [2.24, 2.45) is 0 Å². The largest absolute Gasteiger partial charge is 0.494 e. The molecule has 1 N–H and O–H groups in total. The van der Waals surface area contributed by atoms with E-state index in [9.17, 15) is 9.59 Å². The molecule has 0 saturated carbocycles. The summed E-state index contributed by atoms with van der Waals surface area (Å²) in [5.41, 5.74) is 1.41. The lowest BCUT2D eigenvalue weighted by Gasteiger charge is -2.16. The van der Waals surface area contributed by atoms with Crippen molar-refractivity contribution in [3.8, 4) is 5.75 Å². The highest BCUT2D eigenvalue weighted by Crippen LogP contribution is 2.27. The molecule has 1 aliphatic rings. The third-order valence-electron chi connectivity index (χ3n) is 4.15. The molecule has 0 aromatic heterocycles. The molecule has 0 aliphatic carbocycles. The quantitative estimate of drug-likeness (QED) is 0.591. The lowest BCUT2D eigenvalue weighted by molar-refractivity contribution is -0.121. The van der Waals surface area contributed by atoms with Crippen LogP contribution in [-0.4, -0.2) is 30.7 Å². The first-order chi connectivity index (χ1) is 12.6. The van der Waals surface area contributed by atoms with Crippen LogP contribution in [0.2, 0.25) is 0 Å². The van der Waals surface area contributed by atoms with Gasteiger partial charge in [0.05, 0.1) is 18.7 Å². The molecule has 1 fully saturated rings. The Labute approximate surface area is 157 Å². The Hall–Kier alpha value is -2.47. The Morgan fingerprint density at radius 1 is 1.12 bits per heavy atom. The smallest absolute Gasteiger partial charge is 0.256 e. The zero-order valence-electron chi connectivity index (χ0n) is 14.9. The first kappa shape index (κ1) is 18.3. The highest BCUT2D eigenvalue weighted by atomic mass is 32.2. The SMILES string of the molecule is CCCOc1ccc(N2C(=O)C[C@@H](Nc3ccc(SC)cc3)C2=O)cc1. The molecule has 2 aromatic carbocycles. The van der Waals surface area contributed by atoms with Crippen molar-refractivity contribution in [2.45, 2.75) is 30.7 Å². The highest BCUT2D eigenvalue weighted by molar-refractivity contribution is 7.98. The van der Waals surface area contributed by atoms with E-state index in [-0.39, 0.29) is 18.2 Å². The number of nitrogens with one attached hydrogen (secondary N) is 1. The number of carbonyl (C=O) groups excluding carboxylic acids is 2. The van der Waals surface area contributed by atoms with Gasteiger partial charge in [0.1, 0.15) is 11.8 Å². The van der Waals surface area contributed by atoms with Crippen LogP contribution in [-0.2, 0) is 9.59 Å². The Morgan fingerprint density at radius 3 is 2.42 bits per heavy atom. The fraction of sp³-hybridized carbons (Fsp3) is 0.300. The molecule has 136 valence electrons. The molecule has 0 radical (unpaired) electrons. The van der Waals surface area contributed by atoms with E-state index in [0.29, 0.717) is 12.3 Å². The molecule has 1 saturated heterocycles. The van der Waals surface area contributed by atoms with Crippen LogP contribution in [0.5, 0.6) is 5.75 Å². The first-order valence-electron chi connectivity index (χ1n) is 8.62. The third-order valence-corrected chi connectivity index (χ3v) is 4.89. The number of carbonyl (C=O) groups is 2. The van der Waals surface area contributed by atoms with Gasteiger partial charge in [-0.2, -0.15) is 0 Å². The summed E-state index contributed by atoms with van der Waals surface area (Å²) in [6.07, 6.45) is 3.09. The molecule has 1 heterocycles. The molecular formula is C20H22N2O3S. The Balaban J connectivity index is 1.69. The van der Waals surface area contributed by atoms with Gasteiger partial charge >= 0.3 is 0 Å². The predicted molar refractivity (Wildman–Crippen MR) is 105 cm³/mol. The minimum atomic E-state index is -0.543. The zero-order chi connectivity index (χ0) is 18.5. The van der Waals surface area contributed by atoms with E-state index in [2.05, 4.69) is 5.32 Å². The molecule has 0 spiro atoms. The Kier molecular flexibility index (Phi) is 5.83. The van der Waals surface area contributed by atoms with Gasteiger partial charge in [0, 0.05) is 10.6 Å². The molecule has 3 rings (SSSR count). The number of anilines is 2. The maximum absolute atomic E-state index is 12.7. The van der Waals surface area contributed by atoms with Crippen molar-refractivity contribution in [2.75, 3.05) is 23.1 Å². The number of nitrogens with zero attached hydrogens (tertiary/aromatic N) is 1. The molecule has 6 heteroatoms. The van der Waals surface area contributed by atoms with E-state index in [1.54, 1.807) is 36.0 Å². The monoisotopic (exact) mass is 370 g/mol. The number of rotatable bonds is 7. The van der Waals surface area contributed by atoms with Gasteiger partial charge in [-0.25, -0.2) is 4.90 Å². The molecule has 26 heavy (non-hydrogen) atoms. The summed E-state index contributed by atoms with van der Waals surface area (Å²) >= 11 is 1.66. The van der Waals surface area contributed by atoms with E-state index in [1.165, 1.54) is 4.90 Å². The van der Waals surface area contributed by atoms with Gasteiger partial charge in [0.2, 0.25) is 5.91 Å².